The number of carbonyl (C=O) groups excluding carboxylic acids is 2. The van der Waals surface area contributed by atoms with Crippen molar-refractivity contribution in [3.63, 3.8) is 0 Å². The van der Waals surface area contributed by atoms with Crippen molar-refractivity contribution in [2.24, 2.45) is 11.8 Å². The summed E-state index contributed by atoms with van der Waals surface area (Å²) in [5.41, 5.74) is 0. The van der Waals surface area contributed by atoms with Crippen molar-refractivity contribution in [1.29, 1.82) is 0 Å². The lowest BCUT2D eigenvalue weighted by molar-refractivity contribution is -0.161. The van der Waals surface area contributed by atoms with Gasteiger partial charge in [0.05, 0.1) is 25.0 Å². The summed E-state index contributed by atoms with van der Waals surface area (Å²) in [6, 6.07) is 0. The average Bonchev–Trinajstić information content (AvgIpc) is 2.72. The van der Waals surface area contributed by atoms with Crippen LogP contribution in [-0.4, -0.2) is 25.2 Å². The third-order valence-corrected chi connectivity index (χ3v) is 4.86. The van der Waals surface area contributed by atoms with Gasteiger partial charge in [0.25, 0.3) is 0 Å². The van der Waals surface area contributed by atoms with Crippen LogP contribution in [0.4, 0.5) is 0 Å². The van der Waals surface area contributed by atoms with Gasteiger partial charge >= 0.3 is 11.9 Å². The first-order chi connectivity index (χ1) is 13.7. The first-order valence-electron chi connectivity index (χ1n) is 11.0. The second-order valence-electron chi connectivity index (χ2n) is 7.24. The Morgan fingerprint density at radius 2 is 1.18 bits per heavy atom. The summed E-state index contributed by atoms with van der Waals surface area (Å²) in [5.74, 6) is -1.35. The lowest BCUT2D eigenvalue weighted by Gasteiger charge is -2.25. The zero-order valence-electron chi connectivity index (χ0n) is 17.7. The fraction of sp³-hybridized carbons (Fsp3) is 0.667. The van der Waals surface area contributed by atoms with E-state index in [4.69, 9.17) is 9.47 Å². The molecule has 4 nitrogen and oxygen atoms in total. The summed E-state index contributed by atoms with van der Waals surface area (Å²) in [6.07, 6.45) is 21.5. The van der Waals surface area contributed by atoms with Crippen molar-refractivity contribution < 1.29 is 19.1 Å². The van der Waals surface area contributed by atoms with Gasteiger partial charge in [-0.1, -0.05) is 50.3 Å². The van der Waals surface area contributed by atoms with Gasteiger partial charge in [-0.05, 0) is 64.2 Å². The molecule has 0 aliphatic heterocycles. The molecule has 0 heterocycles. The Bertz CT molecular complexity index is 473. The molecule has 1 rings (SSSR count). The van der Waals surface area contributed by atoms with Crippen LogP contribution >= 0.6 is 0 Å². The fourth-order valence-corrected chi connectivity index (χ4v) is 3.19. The lowest BCUT2D eigenvalue weighted by Crippen LogP contribution is -2.34. The first-order valence-corrected chi connectivity index (χ1v) is 11.0. The maximum atomic E-state index is 12.4. The molecule has 0 saturated heterocycles. The second-order valence-corrected chi connectivity index (χ2v) is 7.24. The smallest absolute Gasteiger partial charge is 0.310 e. The summed E-state index contributed by atoms with van der Waals surface area (Å²) >= 11 is 0. The van der Waals surface area contributed by atoms with Gasteiger partial charge in [-0.15, -0.1) is 0 Å². The molecule has 4 heteroatoms. The van der Waals surface area contributed by atoms with E-state index in [0.717, 1.165) is 51.4 Å². The molecular weight excluding hydrogens is 352 g/mol. The summed E-state index contributed by atoms with van der Waals surface area (Å²) < 4.78 is 10.9. The molecule has 0 radical (unpaired) electrons. The molecule has 0 aromatic rings. The van der Waals surface area contributed by atoms with Gasteiger partial charge in [0.2, 0.25) is 0 Å². The molecule has 0 aromatic heterocycles. The van der Waals surface area contributed by atoms with E-state index in [-0.39, 0.29) is 11.9 Å². The molecule has 0 saturated carbocycles. The van der Waals surface area contributed by atoms with Gasteiger partial charge in [0, 0.05) is 0 Å². The van der Waals surface area contributed by atoms with Gasteiger partial charge < -0.3 is 9.47 Å². The van der Waals surface area contributed by atoms with Crippen LogP contribution in [0.2, 0.25) is 0 Å². The molecule has 0 N–H and O–H groups in total. The van der Waals surface area contributed by atoms with Crippen molar-refractivity contribution in [3.05, 3.63) is 36.5 Å². The monoisotopic (exact) mass is 390 g/mol. The number of ether oxygens (including phenoxy) is 2. The van der Waals surface area contributed by atoms with Crippen molar-refractivity contribution in [3.8, 4) is 0 Å². The van der Waals surface area contributed by atoms with Crippen LogP contribution in [0, 0.1) is 11.8 Å². The van der Waals surface area contributed by atoms with Gasteiger partial charge in [-0.3, -0.25) is 9.59 Å². The third-order valence-electron chi connectivity index (χ3n) is 4.86. The minimum atomic E-state index is -0.412. The highest BCUT2D eigenvalue weighted by atomic mass is 16.5. The normalized spacial score (nSPS) is 19.4. The van der Waals surface area contributed by atoms with Crippen LogP contribution in [0.25, 0.3) is 0 Å². The lowest BCUT2D eigenvalue weighted by atomic mass is 9.83. The zero-order chi connectivity index (χ0) is 20.5. The van der Waals surface area contributed by atoms with E-state index in [1.807, 2.05) is 12.2 Å². The largest absolute Gasteiger partial charge is 0.465 e. The number of hydrogen-bond acceptors (Lipinski definition) is 4. The van der Waals surface area contributed by atoms with Crippen LogP contribution in [-0.2, 0) is 19.1 Å². The molecule has 28 heavy (non-hydrogen) atoms. The number of allylic oxidation sites excluding steroid dienone is 6. The molecule has 0 spiro atoms. The van der Waals surface area contributed by atoms with Gasteiger partial charge in [-0.2, -0.15) is 0 Å². The Hall–Kier alpha value is -1.84. The Morgan fingerprint density at radius 3 is 1.57 bits per heavy atom. The summed E-state index contributed by atoms with van der Waals surface area (Å²) in [7, 11) is 0. The number of hydrogen-bond donors (Lipinski definition) is 0. The van der Waals surface area contributed by atoms with Gasteiger partial charge in [-0.25, -0.2) is 0 Å². The van der Waals surface area contributed by atoms with Crippen LogP contribution in [0.15, 0.2) is 36.5 Å². The molecule has 0 amide bonds. The van der Waals surface area contributed by atoms with E-state index in [2.05, 4.69) is 38.2 Å². The predicted octanol–water partition coefficient (Wildman–Crippen LogP) is 5.93. The van der Waals surface area contributed by atoms with Crippen molar-refractivity contribution >= 4 is 11.9 Å². The molecule has 158 valence electrons. The Morgan fingerprint density at radius 1 is 0.750 bits per heavy atom. The van der Waals surface area contributed by atoms with E-state index in [1.54, 1.807) is 0 Å². The Kier molecular flexibility index (Phi) is 14.0. The Labute approximate surface area is 171 Å². The van der Waals surface area contributed by atoms with E-state index in [9.17, 15) is 9.59 Å². The molecule has 0 bridgehead atoms. The highest BCUT2D eigenvalue weighted by Gasteiger charge is 2.36. The highest BCUT2D eigenvalue weighted by molar-refractivity contribution is 5.82. The number of esters is 2. The summed E-state index contributed by atoms with van der Waals surface area (Å²) in [6.45, 7) is 5.07. The van der Waals surface area contributed by atoms with E-state index in [0.29, 0.717) is 26.1 Å². The molecular formula is C24H38O4. The van der Waals surface area contributed by atoms with E-state index in [1.165, 1.54) is 0 Å². The maximum absolute atomic E-state index is 12.4. The van der Waals surface area contributed by atoms with Crippen molar-refractivity contribution in [1.82, 2.24) is 0 Å². The SMILES string of the molecule is CC/C=C/CCCCOC(=O)C1CC=CCC1C(=O)OCCCC/C=C/CC. The highest BCUT2D eigenvalue weighted by Crippen LogP contribution is 2.28. The number of unbranched alkanes of at least 4 members (excludes halogenated alkanes) is 4. The summed E-state index contributed by atoms with van der Waals surface area (Å²) in [4.78, 5) is 24.9. The summed E-state index contributed by atoms with van der Waals surface area (Å²) in [5, 5.41) is 0. The second kappa shape index (κ2) is 16.1. The minimum Gasteiger partial charge on any atom is -0.465 e. The fourth-order valence-electron chi connectivity index (χ4n) is 3.19. The topological polar surface area (TPSA) is 52.6 Å². The molecule has 2 unspecified atom stereocenters. The predicted molar refractivity (Wildman–Crippen MR) is 114 cm³/mol. The standard InChI is InChI=1S/C24H38O4/c1-3-5-7-9-11-15-19-27-23(25)21-17-13-14-18-22(21)24(26)28-20-16-12-10-8-6-4-2/h5-8,13-14,21-22H,3-4,9-12,15-20H2,1-2H3/b7-5+,8-6+. The van der Waals surface area contributed by atoms with Crippen LogP contribution in [0.3, 0.4) is 0 Å². The number of rotatable bonds is 14. The van der Waals surface area contributed by atoms with E-state index < -0.39 is 11.8 Å². The first kappa shape index (κ1) is 24.2. The van der Waals surface area contributed by atoms with Gasteiger partial charge in [0.1, 0.15) is 0 Å². The minimum absolute atomic E-state index is 0.264. The Balaban J connectivity index is 2.30. The third kappa shape index (κ3) is 10.5. The molecule has 2 atom stereocenters. The molecule has 0 aromatic carbocycles. The molecule has 1 aliphatic rings. The van der Waals surface area contributed by atoms with E-state index >= 15 is 0 Å². The van der Waals surface area contributed by atoms with Crippen LogP contribution in [0.5, 0.6) is 0 Å². The van der Waals surface area contributed by atoms with Crippen LogP contribution in [0.1, 0.15) is 78.1 Å². The number of carbonyl (C=O) groups is 2. The maximum Gasteiger partial charge on any atom is 0.310 e. The average molecular weight is 391 g/mol. The van der Waals surface area contributed by atoms with Crippen molar-refractivity contribution in [2.45, 2.75) is 78.1 Å². The van der Waals surface area contributed by atoms with Crippen molar-refractivity contribution in [2.75, 3.05) is 13.2 Å². The van der Waals surface area contributed by atoms with Gasteiger partial charge in [0.15, 0.2) is 0 Å². The molecule has 0 fully saturated rings. The zero-order valence-corrected chi connectivity index (χ0v) is 17.7. The molecule has 1 aliphatic carbocycles. The van der Waals surface area contributed by atoms with Crippen LogP contribution < -0.4 is 0 Å². The quantitative estimate of drug-likeness (QED) is 0.210.